The van der Waals surface area contributed by atoms with Crippen LogP contribution in [0, 0.1) is 10.8 Å². The number of rotatable bonds is 7. The SMILES string of the molecule is CCC(C)(CC(C)(C)C)C(CN(C)P)OS(C)(=O)=O. The highest BCUT2D eigenvalue weighted by molar-refractivity contribution is 7.86. The third kappa shape index (κ3) is 8.23. The molecule has 0 heterocycles. The van der Waals surface area contributed by atoms with Gasteiger partial charge in [0, 0.05) is 6.54 Å². The number of nitrogens with zero attached hydrogens (tertiary/aromatic N) is 1. The molecule has 0 rings (SSSR count). The minimum atomic E-state index is -3.45. The quantitative estimate of drug-likeness (QED) is 0.536. The van der Waals surface area contributed by atoms with Crippen molar-refractivity contribution in [1.29, 1.82) is 0 Å². The zero-order valence-electron chi connectivity index (χ0n) is 13.4. The molecule has 0 radical (unpaired) electrons. The van der Waals surface area contributed by atoms with Crippen LogP contribution in [0.2, 0.25) is 0 Å². The average Bonchev–Trinajstić information content (AvgIpc) is 2.10. The molecule has 0 N–H and O–H groups in total. The van der Waals surface area contributed by atoms with Crippen LogP contribution in [0.3, 0.4) is 0 Å². The molecule has 0 aromatic rings. The van der Waals surface area contributed by atoms with Gasteiger partial charge in [0.05, 0.1) is 12.4 Å². The maximum absolute atomic E-state index is 11.5. The molecule has 0 saturated carbocycles. The Morgan fingerprint density at radius 1 is 1.26 bits per heavy atom. The molecule has 0 aliphatic carbocycles. The van der Waals surface area contributed by atoms with Gasteiger partial charge in [-0.2, -0.15) is 8.42 Å². The largest absolute Gasteiger partial charge is 0.288 e. The predicted octanol–water partition coefficient (Wildman–Crippen LogP) is 2.91. The van der Waals surface area contributed by atoms with Crippen molar-refractivity contribution in [2.75, 3.05) is 19.8 Å². The molecule has 3 atom stereocenters. The van der Waals surface area contributed by atoms with E-state index >= 15 is 0 Å². The van der Waals surface area contributed by atoms with E-state index < -0.39 is 10.1 Å². The van der Waals surface area contributed by atoms with Gasteiger partial charge in [0.1, 0.15) is 0 Å². The Bertz CT molecular complexity index is 376. The van der Waals surface area contributed by atoms with Crippen molar-refractivity contribution in [3.63, 3.8) is 0 Å². The lowest BCUT2D eigenvalue weighted by molar-refractivity contribution is 0.0204. The van der Waals surface area contributed by atoms with Gasteiger partial charge in [-0.3, -0.25) is 8.85 Å². The molecular weight excluding hydrogens is 281 g/mol. The topological polar surface area (TPSA) is 46.6 Å². The fourth-order valence-electron chi connectivity index (χ4n) is 2.52. The summed E-state index contributed by atoms with van der Waals surface area (Å²) < 4.78 is 30.3. The Morgan fingerprint density at radius 3 is 2.00 bits per heavy atom. The molecule has 0 spiro atoms. The highest BCUT2D eigenvalue weighted by Gasteiger charge is 2.39. The van der Waals surface area contributed by atoms with Crippen molar-refractivity contribution < 1.29 is 12.6 Å². The van der Waals surface area contributed by atoms with E-state index in [0.717, 1.165) is 19.1 Å². The van der Waals surface area contributed by atoms with Crippen molar-refractivity contribution in [1.82, 2.24) is 4.67 Å². The summed E-state index contributed by atoms with van der Waals surface area (Å²) in [5.41, 5.74) is -0.0461. The predicted molar refractivity (Wildman–Crippen MR) is 84.5 cm³/mol. The first-order chi connectivity index (χ1) is 8.29. The second-order valence-corrected chi connectivity index (χ2v) is 9.46. The molecule has 0 aromatic carbocycles. The molecule has 0 fully saturated rings. The van der Waals surface area contributed by atoms with E-state index in [0.29, 0.717) is 6.54 Å². The first-order valence-electron chi connectivity index (χ1n) is 6.63. The lowest BCUT2D eigenvalue weighted by Crippen LogP contribution is -2.43. The van der Waals surface area contributed by atoms with E-state index in [2.05, 4.69) is 44.0 Å². The van der Waals surface area contributed by atoms with Gasteiger partial charge >= 0.3 is 0 Å². The summed E-state index contributed by atoms with van der Waals surface area (Å²) in [6.07, 6.45) is 2.57. The Labute approximate surface area is 121 Å². The van der Waals surface area contributed by atoms with Crippen LogP contribution in [0.1, 0.15) is 47.5 Å². The summed E-state index contributed by atoms with van der Waals surface area (Å²) in [5.74, 6) is 0. The monoisotopic (exact) mass is 311 g/mol. The Hall–Kier alpha value is 0.300. The first-order valence-corrected chi connectivity index (χ1v) is 8.96. The van der Waals surface area contributed by atoms with Crippen LogP contribution in [0.5, 0.6) is 0 Å². The zero-order chi connectivity index (χ0) is 15.5. The Morgan fingerprint density at radius 2 is 1.74 bits per heavy atom. The van der Waals surface area contributed by atoms with Gasteiger partial charge < -0.3 is 0 Å². The van der Waals surface area contributed by atoms with Crippen molar-refractivity contribution in [3.05, 3.63) is 0 Å². The molecule has 0 bridgehead atoms. The van der Waals surface area contributed by atoms with Gasteiger partial charge in [-0.25, -0.2) is 0 Å². The van der Waals surface area contributed by atoms with E-state index in [-0.39, 0.29) is 16.9 Å². The molecule has 4 nitrogen and oxygen atoms in total. The van der Waals surface area contributed by atoms with Crippen LogP contribution >= 0.6 is 9.39 Å². The standard InChI is InChI=1S/C13H30NO3PS/c1-8-13(5,10-12(2,3)4)11(9-14(6)18)17-19(7,15)16/h11H,8-10,18H2,1-7H3. The highest BCUT2D eigenvalue weighted by atomic mass is 32.2. The van der Waals surface area contributed by atoms with Crippen molar-refractivity contribution >= 4 is 19.5 Å². The maximum Gasteiger partial charge on any atom is 0.264 e. The summed E-state index contributed by atoms with van der Waals surface area (Å²) in [5, 5.41) is 0. The van der Waals surface area contributed by atoms with Crippen LogP contribution in [-0.2, 0) is 14.3 Å². The number of hydrogen-bond donors (Lipinski definition) is 0. The molecule has 0 aliphatic heterocycles. The smallest absolute Gasteiger partial charge is 0.264 e. The van der Waals surface area contributed by atoms with Crippen LogP contribution in [0.25, 0.3) is 0 Å². The molecule has 116 valence electrons. The van der Waals surface area contributed by atoms with E-state index in [9.17, 15) is 8.42 Å². The summed E-state index contributed by atoms with van der Waals surface area (Å²) in [7, 11) is 1.01. The lowest BCUT2D eigenvalue weighted by atomic mass is 9.70. The summed E-state index contributed by atoms with van der Waals surface area (Å²) >= 11 is 0. The summed E-state index contributed by atoms with van der Waals surface area (Å²) in [6.45, 7) is 11.3. The minimum Gasteiger partial charge on any atom is -0.288 e. The summed E-state index contributed by atoms with van der Waals surface area (Å²) in [4.78, 5) is 0. The van der Waals surface area contributed by atoms with Crippen molar-refractivity contribution in [3.8, 4) is 0 Å². The second-order valence-electron chi connectivity index (χ2n) is 6.97. The normalized spacial score (nSPS) is 18.4. The van der Waals surface area contributed by atoms with E-state index in [1.165, 1.54) is 0 Å². The first kappa shape index (κ1) is 19.3. The maximum atomic E-state index is 11.5. The minimum absolute atomic E-state index is 0.128. The highest BCUT2D eigenvalue weighted by Crippen LogP contribution is 2.41. The molecule has 0 aliphatic rings. The zero-order valence-corrected chi connectivity index (χ0v) is 15.3. The second kappa shape index (κ2) is 6.84. The van der Waals surface area contributed by atoms with Gasteiger partial charge in [-0.05, 0) is 30.7 Å². The Balaban J connectivity index is 5.27. The van der Waals surface area contributed by atoms with Gasteiger partial charge in [0.15, 0.2) is 0 Å². The molecule has 0 saturated heterocycles. The van der Waals surface area contributed by atoms with Crippen molar-refractivity contribution in [2.45, 2.75) is 53.6 Å². The molecule has 3 unspecified atom stereocenters. The average molecular weight is 311 g/mol. The van der Waals surface area contributed by atoms with E-state index in [1.807, 2.05) is 11.7 Å². The van der Waals surface area contributed by atoms with Gasteiger partial charge in [0.25, 0.3) is 10.1 Å². The van der Waals surface area contributed by atoms with Crippen LogP contribution in [0.4, 0.5) is 0 Å². The fraction of sp³-hybridized carbons (Fsp3) is 1.00. The van der Waals surface area contributed by atoms with E-state index in [1.54, 1.807) is 0 Å². The lowest BCUT2D eigenvalue weighted by Gasteiger charge is -2.41. The van der Waals surface area contributed by atoms with Crippen LogP contribution in [-0.4, -0.2) is 39.0 Å². The molecule has 6 heteroatoms. The third-order valence-corrected chi connectivity index (χ3v) is 4.06. The van der Waals surface area contributed by atoms with Gasteiger partial charge in [-0.1, -0.05) is 44.0 Å². The number of hydrogen-bond acceptors (Lipinski definition) is 4. The van der Waals surface area contributed by atoms with Gasteiger partial charge in [-0.15, -0.1) is 0 Å². The van der Waals surface area contributed by atoms with E-state index in [4.69, 9.17) is 4.18 Å². The van der Waals surface area contributed by atoms with Crippen LogP contribution < -0.4 is 0 Å². The fourth-order valence-corrected chi connectivity index (χ4v) is 3.42. The summed E-state index contributed by atoms with van der Waals surface area (Å²) in [6, 6.07) is 0. The molecule has 0 aromatic heterocycles. The molecule has 19 heavy (non-hydrogen) atoms. The molecule has 0 amide bonds. The van der Waals surface area contributed by atoms with Gasteiger partial charge in [0.2, 0.25) is 0 Å². The number of likely N-dealkylation sites (N-methyl/N-ethyl adjacent to an activating group) is 1. The Kier molecular flexibility index (Phi) is 6.95. The molecular formula is C13H30NO3PS. The van der Waals surface area contributed by atoms with Crippen LogP contribution in [0.15, 0.2) is 0 Å². The van der Waals surface area contributed by atoms with Crippen molar-refractivity contribution in [2.24, 2.45) is 10.8 Å². The third-order valence-electron chi connectivity index (χ3n) is 3.26.